The van der Waals surface area contributed by atoms with E-state index in [1.165, 1.54) is 0 Å². The van der Waals surface area contributed by atoms with Crippen LogP contribution in [-0.4, -0.2) is 46.2 Å². The van der Waals surface area contributed by atoms with Crippen molar-refractivity contribution in [3.05, 3.63) is 23.6 Å². The molecule has 0 saturated carbocycles. The third-order valence-corrected chi connectivity index (χ3v) is 4.19. The number of anilines is 3. The van der Waals surface area contributed by atoms with E-state index in [9.17, 15) is 0 Å². The Morgan fingerprint density at radius 2 is 1.92 bits per heavy atom. The van der Waals surface area contributed by atoms with Crippen molar-refractivity contribution in [3.63, 3.8) is 0 Å². The van der Waals surface area contributed by atoms with Crippen LogP contribution in [0.3, 0.4) is 0 Å². The fraction of sp³-hybridized carbons (Fsp3) is 0.611. The zero-order valence-corrected chi connectivity index (χ0v) is 16.2. The predicted octanol–water partition coefficient (Wildman–Crippen LogP) is 2.93. The Morgan fingerprint density at radius 1 is 1.15 bits per heavy atom. The Labute approximate surface area is 155 Å². The second-order valence-electron chi connectivity index (χ2n) is 6.54. The molecule has 8 heteroatoms. The number of hydrogen-bond donors (Lipinski definition) is 3. The van der Waals surface area contributed by atoms with E-state index in [0.29, 0.717) is 24.2 Å². The zero-order chi connectivity index (χ0) is 18.9. The van der Waals surface area contributed by atoms with Gasteiger partial charge in [-0.2, -0.15) is 9.97 Å². The van der Waals surface area contributed by atoms with Crippen LogP contribution in [0.15, 0.2) is 16.7 Å². The minimum Gasteiger partial charge on any atom is -0.383 e. The maximum absolute atomic E-state index is 5.89. The normalized spacial score (nSPS) is 11.3. The van der Waals surface area contributed by atoms with E-state index in [-0.39, 0.29) is 0 Å². The standard InChI is InChI=1S/C18H31N7O/c1-5-25(6-2)9-7-8-20-17-11-16(19)22-18(23-17)21-12-14-10-15(13(3)4)24-26-14/h10-11,13H,5-9,12H2,1-4H3,(H4,19,20,21,22,23). The molecule has 2 rings (SSSR count). The zero-order valence-electron chi connectivity index (χ0n) is 16.2. The van der Waals surface area contributed by atoms with Gasteiger partial charge in [0.05, 0.1) is 12.2 Å². The summed E-state index contributed by atoms with van der Waals surface area (Å²) < 4.78 is 5.31. The second kappa shape index (κ2) is 9.96. The summed E-state index contributed by atoms with van der Waals surface area (Å²) in [6, 6.07) is 3.68. The molecule has 0 radical (unpaired) electrons. The molecule has 8 nitrogen and oxygen atoms in total. The molecule has 0 unspecified atom stereocenters. The first-order valence-corrected chi connectivity index (χ1v) is 9.32. The van der Waals surface area contributed by atoms with Gasteiger partial charge in [0, 0.05) is 18.7 Å². The summed E-state index contributed by atoms with van der Waals surface area (Å²) in [5.74, 6) is 2.70. The SMILES string of the molecule is CCN(CC)CCCNc1cc(N)nc(NCc2cc(C(C)C)no2)n1. The Hall–Kier alpha value is -2.35. The van der Waals surface area contributed by atoms with Gasteiger partial charge in [-0.1, -0.05) is 32.9 Å². The molecule has 0 saturated heterocycles. The smallest absolute Gasteiger partial charge is 0.226 e. The number of nitrogen functional groups attached to an aromatic ring is 1. The van der Waals surface area contributed by atoms with E-state index in [4.69, 9.17) is 10.3 Å². The predicted molar refractivity (Wildman–Crippen MR) is 105 cm³/mol. The van der Waals surface area contributed by atoms with Crippen molar-refractivity contribution >= 4 is 17.6 Å². The van der Waals surface area contributed by atoms with Crippen molar-refractivity contribution in [3.8, 4) is 0 Å². The van der Waals surface area contributed by atoms with E-state index < -0.39 is 0 Å². The Balaban J connectivity index is 1.85. The maximum Gasteiger partial charge on any atom is 0.226 e. The van der Waals surface area contributed by atoms with Gasteiger partial charge in [-0.3, -0.25) is 0 Å². The Morgan fingerprint density at radius 3 is 2.58 bits per heavy atom. The Kier molecular flexibility index (Phi) is 7.65. The number of hydrogen-bond acceptors (Lipinski definition) is 8. The molecule has 0 amide bonds. The van der Waals surface area contributed by atoms with Crippen LogP contribution in [0.5, 0.6) is 0 Å². The molecule has 0 aliphatic rings. The van der Waals surface area contributed by atoms with Crippen molar-refractivity contribution in [2.24, 2.45) is 0 Å². The highest BCUT2D eigenvalue weighted by atomic mass is 16.5. The molecule has 0 aromatic carbocycles. The van der Waals surface area contributed by atoms with Crippen LogP contribution in [0.4, 0.5) is 17.6 Å². The van der Waals surface area contributed by atoms with Gasteiger partial charge in [0.25, 0.3) is 0 Å². The molecule has 0 spiro atoms. The fourth-order valence-corrected chi connectivity index (χ4v) is 2.55. The van der Waals surface area contributed by atoms with Crippen LogP contribution in [0.2, 0.25) is 0 Å². The lowest BCUT2D eigenvalue weighted by atomic mass is 10.1. The summed E-state index contributed by atoms with van der Waals surface area (Å²) in [5, 5.41) is 10.5. The van der Waals surface area contributed by atoms with Crippen molar-refractivity contribution < 1.29 is 4.52 Å². The van der Waals surface area contributed by atoms with Gasteiger partial charge in [-0.25, -0.2) is 0 Å². The monoisotopic (exact) mass is 361 g/mol. The number of nitrogens with one attached hydrogen (secondary N) is 2. The maximum atomic E-state index is 5.89. The number of rotatable bonds is 11. The molecule has 0 aliphatic heterocycles. The first kappa shape index (κ1) is 20.0. The summed E-state index contributed by atoms with van der Waals surface area (Å²) in [6.07, 6.45) is 1.05. The summed E-state index contributed by atoms with van der Waals surface area (Å²) in [6.45, 7) is 13.0. The first-order chi connectivity index (χ1) is 12.5. The number of nitrogens with two attached hydrogens (primary N) is 1. The summed E-state index contributed by atoms with van der Waals surface area (Å²) in [4.78, 5) is 11.1. The largest absolute Gasteiger partial charge is 0.383 e. The van der Waals surface area contributed by atoms with E-state index in [0.717, 1.165) is 49.9 Å². The first-order valence-electron chi connectivity index (χ1n) is 9.32. The molecule has 2 heterocycles. The van der Waals surface area contributed by atoms with Crippen LogP contribution >= 0.6 is 0 Å². The van der Waals surface area contributed by atoms with Crippen LogP contribution in [0.1, 0.15) is 51.5 Å². The molecule has 26 heavy (non-hydrogen) atoms. The van der Waals surface area contributed by atoms with E-state index in [2.05, 4.69) is 58.4 Å². The molecular weight excluding hydrogens is 330 g/mol. The van der Waals surface area contributed by atoms with Gasteiger partial charge in [0.1, 0.15) is 11.6 Å². The molecule has 0 atom stereocenters. The van der Waals surface area contributed by atoms with Crippen molar-refractivity contribution in [1.82, 2.24) is 20.0 Å². The van der Waals surface area contributed by atoms with Gasteiger partial charge >= 0.3 is 0 Å². The average Bonchev–Trinajstić information content (AvgIpc) is 3.09. The van der Waals surface area contributed by atoms with Crippen molar-refractivity contribution in [2.45, 2.75) is 46.6 Å². The van der Waals surface area contributed by atoms with Gasteiger partial charge in [0.2, 0.25) is 5.95 Å². The quantitative estimate of drug-likeness (QED) is 0.525. The summed E-state index contributed by atoms with van der Waals surface area (Å²) in [5.41, 5.74) is 6.83. The number of aromatic nitrogens is 3. The molecule has 2 aromatic heterocycles. The third kappa shape index (κ3) is 6.18. The van der Waals surface area contributed by atoms with E-state index in [1.807, 2.05) is 6.07 Å². The van der Waals surface area contributed by atoms with Crippen molar-refractivity contribution in [1.29, 1.82) is 0 Å². The lowest BCUT2D eigenvalue weighted by Gasteiger charge is -2.17. The fourth-order valence-electron chi connectivity index (χ4n) is 2.55. The number of nitrogens with zero attached hydrogens (tertiary/aromatic N) is 4. The summed E-state index contributed by atoms with van der Waals surface area (Å²) >= 11 is 0. The lowest BCUT2D eigenvalue weighted by Crippen LogP contribution is -2.25. The highest BCUT2D eigenvalue weighted by molar-refractivity contribution is 5.49. The highest BCUT2D eigenvalue weighted by Crippen LogP contribution is 2.16. The summed E-state index contributed by atoms with van der Waals surface area (Å²) in [7, 11) is 0. The minimum atomic E-state index is 0.336. The molecule has 0 bridgehead atoms. The third-order valence-electron chi connectivity index (χ3n) is 4.19. The van der Waals surface area contributed by atoms with Crippen LogP contribution < -0.4 is 16.4 Å². The van der Waals surface area contributed by atoms with E-state index in [1.54, 1.807) is 6.07 Å². The highest BCUT2D eigenvalue weighted by Gasteiger charge is 2.09. The molecule has 2 aromatic rings. The molecule has 0 fully saturated rings. The molecule has 144 valence electrons. The van der Waals surface area contributed by atoms with E-state index >= 15 is 0 Å². The van der Waals surface area contributed by atoms with Crippen LogP contribution in [-0.2, 0) is 6.54 Å². The average molecular weight is 361 g/mol. The topological polar surface area (TPSA) is 105 Å². The lowest BCUT2D eigenvalue weighted by molar-refractivity contribution is 0.303. The molecular formula is C18H31N7O. The minimum absolute atomic E-state index is 0.336. The van der Waals surface area contributed by atoms with Crippen LogP contribution in [0, 0.1) is 0 Å². The second-order valence-corrected chi connectivity index (χ2v) is 6.54. The molecule has 4 N–H and O–H groups in total. The van der Waals surface area contributed by atoms with Gasteiger partial charge < -0.3 is 25.8 Å². The van der Waals surface area contributed by atoms with Gasteiger partial charge in [-0.05, 0) is 32.0 Å². The molecule has 0 aliphatic carbocycles. The van der Waals surface area contributed by atoms with Gasteiger partial charge in [0.15, 0.2) is 5.76 Å². The van der Waals surface area contributed by atoms with Crippen molar-refractivity contribution in [2.75, 3.05) is 42.5 Å². The van der Waals surface area contributed by atoms with Crippen LogP contribution in [0.25, 0.3) is 0 Å². The Bertz CT molecular complexity index is 667. The van der Waals surface area contributed by atoms with Gasteiger partial charge in [-0.15, -0.1) is 0 Å².